The van der Waals surface area contributed by atoms with Gasteiger partial charge in [-0.05, 0) is 18.6 Å². The second-order valence-electron chi connectivity index (χ2n) is 3.89. The van der Waals surface area contributed by atoms with Crippen molar-refractivity contribution < 1.29 is 23.2 Å². The molecule has 0 unspecified atom stereocenters. The molecule has 1 heterocycles. The summed E-state index contributed by atoms with van der Waals surface area (Å²) in [5.41, 5.74) is -0.247. The van der Waals surface area contributed by atoms with E-state index in [-0.39, 0.29) is 23.7 Å². The molecule has 1 aromatic carbocycles. The molecule has 100 valence electrons. The Morgan fingerprint density at radius 3 is 2.84 bits per heavy atom. The highest BCUT2D eigenvalue weighted by atomic mass is 19.1. The standard InChI is InChI=1S/C12H10F2N2O3/c1-6-2-3-8(13)11(10(6)14)15-5-7-4-9(12(17)18)16-19-7/h2-4,15H,5H2,1H3,(H,17,18). The Morgan fingerprint density at radius 1 is 1.47 bits per heavy atom. The predicted octanol–water partition coefficient (Wildman–Crippen LogP) is 2.57. The van der Waals surface area contributed by atoms with E-state index in [1.54, 1.807) is 0 Å². The van der Waals surface area contributed by atoms with Crippen molar-refractivity contribution in [2.75, 3.05) is 5.32 Å². The number of anilines is 1. The molecule has 0 aliphatic rings. The minimum absolute atomic E-state index is 0.0719. The third-order valence-corrected chi connectivity index (χ3v) is 2.50. The zero-order valence-electron chi connectivity index (χ0n) is 9.91. The van der Waals surface area contributed by atoms with Crippen LogP contribution < -0.4 is 5.32 Å². The van der Waals surface area contributed by atoms with Crippen molar-refractivity contribution in [2.24, 2.45) is 0 Å². The molecule has 0 aliphatic carbocycles. The first-order valence-electron chi connectivity index (χ1n) is 5.36. The molecule has 5 nitrogen and oxygen atoms in total. The number of nitrogens with zero attached hydrogens (tertiary/aromatic N) is 1. The Kier molecular flexibility index (Phi) is 3.46. The van der Waals surface area contributed by atoms with Gasteiger partial charge in [-0.1, -0.05) is 11.2 Å². The zero-order chi connectivity index (χ0) is 14.0. The molecular formula is C12H10F2N2O3. The summed E-state index contributed by atoms with van der Waals surface area (Å²) in [4.78, 5) is 10.6. The van der Waals surface area contributed by atoms with Gasteiger partial charge in [-0.3, -0.25) is 0 Å². The molecule has 19 heavy (non-hydrogen) atoms. The highest BCUT2D eigenvalue weighted by Crippen LogP contribution is 2.22. The van der Waals surface area contributed by atoms with Crippen LogP contribution in [0.25, 0.3) is 0 Å². The van der Waals surface area contributed by atoms with Gasteiger partial charge < -0.3 is 14.9 Å². The quantitative estimate of drug-likeness (QED) is 0.891. The summed E-state index contributed by atoms with van der Waals surface area (Å²) >= 11 is 0. The average Bonchev–Trinajstić information content (AvgIpc) is 2.83. The number of aromatic nitrogens is 1. The number of hydrogen-bond donors (Lipinski definition) is 2. The number of aryl methyl sites for hydroxylation is 1. The second kappa shape index (κ2) is 5.05. The maximum Gasteiger partial charge on any atom is 0.358 e. The Hall–Kier alpha value is -2.44. The van der Waals surface area contributed by atoms with Gasteiger partial charge in [0.2, 0.25) is 0 Å². The van der Waals surface area contributed by atoms with Crippen LogP contribution in [0.15, 0.2) is 22.7 Å². The van der Waals surface area contributed by atoms with Crippen LogP contribution in [0.3, 0.4) is 0 Å². The summed E-state index contributed by atoms with van der Waals surface area (Å²) < 4.78 is 31.8. The summed E-state index contributed by atoms with van der Waals surface area (Å²) in [6.07, 6.45) is 0. The van der Waals surface area contributed by atoms with E-state index in [0.29, 0.717) is 5.56 Å². The first kappa shape index (κ1) is 13.0. The van der Waals surface area contributed by atoms with Crippen LogP contribution >= 0.6 is 0 Å². The molecule has 1 aromatic heterocycles. The molecule has 0 atom stereocenters. The number of benzene rings is 1. The molecule has 2 rings (SSSR count). The van der Waals surface area contributed by atoms with Gasteiger partial charge in [0.1, 0.15) is 11.5 Å². The zero-order valence-corrected chi connectivity index (χ0v) is 9.91. The van der Waals surface area contributed by atoms with Crippen LogP contribution in [-0.2, 0) is 6.54 Å². The maximum atomic E-state index is 13.7. The van der Waals surface area contributed by atoms with E-state index >= 15 is 0 Å². The van der Waals surface area contributed by atoms with Gasteiger partial charge in [0.05, 0.1) is 6.54 Å². The fraction of sp³-hybridized carbons (Fsp3) is 0.167. The van der Waals surface area contributed by atoms with E-state index in [2.05, 4.69) is 10.5 Å². The molecule has 2 N–H and O–H groups in total. The lowest BCUT2D eigenvalue weighted by Gasteiger charge is -2.08. The van der Waals surface area contributed by atoms with E-state index in [1.165, 1.54) is 19.1 Å². The molecule has 0 radical (unpaired) electrons. The SMILES string of the molecule is Cc1ccc(F)c(NCc2cc(C(=O)O)no2)c1F. The van der Waals surface area contributed by atoms with Crippen LogP contribution in [-0.4, -0.2) is 16.2 Å². The molecule has 0 fully saturated rings. The van der Waals surface area contributed by atoms with Gasteiger partial charge in [-0.25, -0.2) is 13.6 Å². The fourth-order valence-corrected chi connectivity index (χ4v) is 1.49. The Balaban J connectivity index is 2.14. The molecular weight excluding hydrogens is 258 g/mol. The lowest BCUT2D eigenvalue weighted by atomic mass is 10.2. The van der Waals surface area contributed by atoms with Gasteiger partial charge in [-0.15, -0.1) is 0 Å². The Morgan fingerprint density at radius 2 is 2.21 bits per heavy atom. The predicted molar refractivity (Wildman–Crippen MR) is 61.9 cm³/mol. The first-order valence-corrected chi connectivity index (χ1v) is 5.36. The summed E-state index contributed by atoms with van der Waals surface area (Å²) in [5.74, 6) is -2.50. The van der Waals surface area contributed by atoms with Gasteiger partial charge in [0, 0.05) is 6.07 Å². The van der Waals surface area contributed by atoms with Crippen LogP contribution in [0.1, 0.15) is 21.8 Å². The van der Waals surface area contributed by atoms with E-state index in [4.69, 9.17) is 9.63 Å². The van der Waals surface area contributed by atoms with Crippen LogP contribution in [0.5, 0.6) is 0 Å². The van der Waals surface area contributed by atoms with Crippen LogP contribution in [0.2, 0.25) is 0 Å². The lowest BCUT2D eigenvalue weighted by molar-refractivity contribution is 0.0685. The van der Waals surface area contributed by atoms with E-state index in [0.717, 1.165) is 6.07 Å². The van der Waals surface area contributed by atoms with Crippen molar-refractivity contribution >= 4 is 11.7 Å². The van der Waals surface area contributed by atoms with Crippen molar-refractivity contribution in [2.45, 2.75) is 13.5 Å². The highest BCUT2D eigenvalue weighted by Gasteiger charge is 2.14. The number of halogens is 2. The number of hydrogen-bond acceptors (Lipinski definition) is 4. The number of rotatable bonds is 4. The fourth-order valence-electron chi connectivity index (χ4n) is 1.49. The molecule has 0 saturated carbocycles. The minimum Gasteiger partial charge on any atom is -0.476 e. The molecule has 7 heteroatoms. The summed E-state index contributed by atoms with van der Waals surface area (Å²) in [6, 6.07) is 3.65. The average molecular weight is 268 g/mol. The number of nitrogens with one attached hydrogen (secondary N) is 1. The summed E-state index contributed by atoms with van der Waals surface area (Å²) in [5, 5.41) is 14.4. The normalized spacial score (nSPS) is 10.5. The molecule has 0 bridgehead atoms. The van der Waals surface area contributed by atoms with Crippen molar-refractivity contribution in [3.05, 3.63) is 46.9 Å². The monoisotopic (exact) mass is 268 g/mol. The van der Waals surface area contributed by atoms with Crippen LogP contribution in [0, 0.1) is 18.6 Å². The van der Waals surface area contributed by atoms with E-state index in [1.807, 2.05) is 0 Å². The molecule has 0 aliphatic heterocycles. The topological polar surface area (TPSA) is 75.4 Å². The smallest absolute Gasteiger partial charge is 0.358 e. The second-order valence-corrected chi connectivity index (χ2v) is 3.89. The highest BCUT2D eigenvalue weighted by molar-refractivity contribution is 5.85. The van der Waals surface area contributed by atoms with Gasteiger partial charge in [-0.2, -0.15) is 0 Å². The Labute approximate surface area is 106 Å². The van der Waals surface area contributed by atoms with Crippen molar-refractivity contribution in [1.29, 1.82) is 0 Å². The van der Waals surface area contributed by atoms with E-state index in [9.17, 15) is 13.6 Å². The van der Waals surface area contributed by atoms with Gasteiger partial charge >= 0.3 is 5.97 Å². The number of carboxylic acids is 1. The van der Waals surface area contributed by atoms with E-state index < -0.39 is 17.6 Å². The largest absolute Gasteiger partial charge is 0.476 e. The van der Waals surface area contributed by atoms with Crippen molar-refractivity contribution in [3.63, 3.8) is 0 Å². The maximum absolute atomic E-state index is 13.7. The molecule has 2 aromatic rings. The van der Waals surface area contributed by atoms with Crippen molar-refractivity contribution in [3.8, 4) is 0 Å². The third-order valence-electron chi connectivity index (χ3n) is 2.50. The van der Waals surface area contributed by atoms with Gasteiger partial charge in [0.25, 0.3) is 0 Å². The first-order chi connectivity index (χ1) is 8.99. The number of aromatic carboxylic acids is 1. The van der Waals surface area contributed by atoms with Crippen LogP contribution in [0.4, 0.5) is 14.5 Å². The van der Waals surface area contributed by atoms with Crippen molar-refractivity contribution in [1.82, 2.24) is 5.16 Å². The minimum atomic E-state index is -1.23. The Bertz CT molecular complexity index is 625. The number of carboxylic acid groups (broad SMARTS) is 1. The van der Waals surface area contributed by atoms with Gasteiger partial charge in [0.15, 0.2) is 17.3 Å². The number of carbonyl (C=O) groups is 1. The summed E-state index contributed by atoms with van der Waals surface area (Å²) in [7, 11) is 0. The molecule has 0 amide bonds. The molecule has 0 saturated heterocycles. The third kappa shape index (κ3) is 2.70. The molecule has 0 spiro atoms. The summed E-state index contributed by atoms with van der Waals surface area (Å²) in [6.45, 7) is 1.44. The lowest BCUT2D eigenvalue weighted by Crippen LogP contribution is -2.04.